The van der Waals surface area contributed by atoms with Gasteiger partial charge in [-0.25, -0.2) is 4.98 Å². The highest BCUT2D eigenvalue weighted by Crippen LogP contribution is 2.33. The van der Waals surface area contributed by atoms with Crippen LogP contribution in [0.4, 0.5) is 5.82 Å². The Morgan fingerprint density at radius 2 is 2.00 bits per heavy atom. The molecule has 1 amide bonds. The van der Waals surface area contributed by atoms with Crippen LogP contribution in [-0.2, 0) is 11.8 Å². The maximum absolute atomic E-state index is 12.9. The molecule has 2 heterocycles. The van der Waals surface area contributed by atoms with Gasteiger partial charge in [0.15, 0.2) is 5.82 Å². The number of nitrogens with zero attached hydrogens (tertiary/aromatic N) is 4. The van der Waals surface area contributed by atoms with Crippen molar-refractivity contribution in [1.29, 1.82) is 0 Å². The van der Waals surface area contributed by atoms with Crippen LogP contribution in [0, 0.1) is 5.92 Å². The molecule has 7 nitrogen and oxygen atoms in total. The van der Waals surface area contributed by atoms with E-state index in [4.69, 9.17) is 5.73 Å². The SMILES string of the molecule is Cn1ccnc(N2CCN(C(=O)C3CCCCC3(C)N)CC2)c1=O. The lowest BCUT2D eigenvalue weighted by Crippen LogP contribution is -2.57. The molecular formula is C17H27N5O2. The molecule has 2 N–H and O–H groups in total. The molecule has 1 aliphatic heterocycles. The molecule has 2 aliphatic rings. The van der Waals surface area contributed by atoms with Gasteiger partial charge in [0.05, 0.1) is 5.92 Å². The minimum absolute atomic E-state index is 0.0829. The van der Waals surface area contributed by atoms with E-state index in [0.29, 0.717) is 32.0 Å². The predicted octanol–water partition coefficient (Wildman–Crippen LogP) is 0.337. The van der Waals surface area contributed by atoms with E-state index in [0.717, 1.165) is 25.7 Å². The number of amides is 1. The summed E-state index contributed by atoms with van der Waals surface area (Å²) < 4.78 is 1.53. The third-order valence-corrected chi connectivity index (χ3v) is 5.44. The molecule has 3 rings (SSSR count). The van der Waals surface area contributed by atoms with E-state index in [2.05, 4.69) is 4.98 Å². The van der Waals surface area contributed by atoms with Crippen LogP contribution in [0.15, 0.2) is 17.2 Å². The first-order valence-corrected chi connectivity index (χ1v) is 8.74. The zero-order valence-corrected chi connectivity index (χ0v) is 14.6. The Morgan fingerprint density at radius 3 is 2.67 bits per heavy atom. The van der Waals surface area contributed by atoms with E-state index >= 15 is 0 Å². The summed E-state index contributed by atoms with van der Waals surface area (Å²) in [6.07, 6.45) is 7.26. The van der Waals surface area contributed by atoms with Crippen molar-refractivity contribution in [3.8, 4) is 0 Å². The summed E-state index contributed by atoms with van der Waals surface area (Å²) in [5.74, 6) is 0.558. The van der Waals surface area contributed by atoms with Crippen molar-refractivity contribution in [2.75, 3.05) is 31.1 Å². The van der Waals surface area contributed by atoms with Gasteiger partial charge in [-0.15, -0.1) is 0 Å². The molecule has 1 aromatic heterocycles. The molecule has 0 spiro atoms. The first-order valence-electron chi connectivity index (χ1n) is 8.74. The van der Waals surface area contributed by atoms with Crippen LogP contribution in [0.2, 0.25) is 0 Å². The summed E-state index contributed by atoms with van der Waals surface area (Å²) in [5.41, 5.74) is 5.88. The number of hydrogen-bond acceptors (Lipinski definition) is 5. The fraction of sp³-hybridized carbons (Fsp3) is 0.706. The number of anilines is 1. The Bertz CT molecular complexity index is 661. The standard InChI is InChI=1S/C17H27N5O2/c1-17(18)6-4-3-5-13(17)15(23)22-11-9-21(10-12-22)14-16(24)20(2)8-7-19-14/h7-8,13H,3-6,9-12,18H2,1-2H3. The second-order valence-electron chi connectivity index (χ2n) is 7.28. The molecule has 132 valence electrons. The molecule has 24 heavy (non-hydrogen) atoms. The normalized spacial score (nSPS) is 28.0. The van der Waals surface area contributed by atoms with Gasteiger partial charge >= 0.3 is 0 Å². The second-order valence-corrected chi connectivity index (χ2v) is 7.28. The van der Waals surface area contributed by atoms with Gasteiger partial charge in [0.25, 0.3) is 5.56 Å². The summed E-state index contributed by atoms with van der Waals surface area (Å²) in [6, 6.07) is 0. The van der Waals surface area contributed by atoms with Crippen LogP contribution >= 0.6 is 0 Å². The van der Waals surface area contributed by atoms with Crippen LogP contribution in [0.1, 0.15) is 32.6 Å². The highest BCUT2D eigenvalue weighted by molar-refractivity contribution is 5.80. The third-order valence-electron chi connectivity index (χ3n) is 5.44. The molecule has 2 atom stereocenters. The molecule has 1 saturated carbocycles. The van der Waals surface area contributed by atoms with Gasteiger partial charge in [0, 0.05) is 51.2 Å². The van der Waals surface area contributed by atoms with Gasteiger partial charge in [0.1, 0.15) is 0 Å². The molecule has 2 fully saturated rings. The second kappa shape index (κ2) is 6.55. The molecule has 1 saturated heterocycles. The number of hydrogen-bond donors (Lipinski definition) is 1. The minimum atomic E-state index is -0.399. The van der Waals surface area contributed by atoms with Crippen molar-refractivity contribution in [1.82, 2.24) is 14.5 Å². The number of carbonyl (C=O) groups excluding carboxylic acids is 1. The van der Waals surface area contributed by atoms with E-state index in [-0.39, 0.29) is 17.4 Å². The summed E-state index contributed by atoms with van der Waals surface area (Å²) in [6.45, 7) is 4.50. The van der Waals surface area contributed by atoms with Crippen molar-refractivity contribution in [3.05, 3.63) is 22.7 Å². The smallest absolute Gasteiger partial charge is 0.293 e. The Balaban J connectivity index is 1.65. The van der Waals surface area contributed by atoms with Crippen molar-refractivity contribution in [3.63, 3.8) is 0 Å². The largest absolute Gasteiger partial charge is 0.348 e. The molecule has 2 unspecified atom stereocenters. The average molecular weight is 333 g/mol. The zero-order chi connectivity index (χ0) is 17.3. The van der Waals surface area contributed by atoms with Crippen LogP contribution in [0.5, 0.6) is 0 Å². The predicted molar refractivity (Wildman–Crippen MR) is 92.8 cm³/mol. The third kappa shape index (κ3) is 3.17. The van der Waals surface area contributed by atoms with Crippen molar-refractivity contribution < 1.29 is 4.79 Å². The van der Waals surface area contributed by atoms with Gasteiger partial charge in [-0.1, -0.05) is 12.8 Å². The lowest BCUT2D eigenvalue weighted by Gasteiger charge is -2.42. The highest BCUT2D eigenvalue weighted by Gasteiger charge is 2.40. The Hall–Kier alpha value is -1.89. The quantitative estimate of drug-likeness (QED) is 0.843. The van der Waals surface area contributed by atoms with E-state index < -0.39 is 5.54 Å². The fourth-order valence-corrected chi connectivity index (χ4v) is 3.82. The Labute approximate surface area is 142 Å². The Morgan fingerprint density at radius 1 is 1.29 bits per heavy atom. The Kier molecular flexibility index (Phi) is 4.62. The lowest BCUT2D eigenvalue weighted by atomic mass is 9.74. The lowest BCUT2D eigenvalue weighted by molar-refractivity contribution is -0.139. The first kappa shape index (κ1) is 17.0. The summed E-state index contributed by atoms with van der Waals surface area (Å²) >= 11 is 0. The number of carbonyl (C=O) groups is 1. The fourth-order valence-electron chi connectivity index (χ4n) is 3.82. The number of aromatic nitrogens is 2. The number of piperazine rings is 1. The van der Waals surface area contributed by atoms with Crippen molar-refractivity contribution in [2.24, 2.45) is 18.7 Å². The summed E-state index contributed by atoms with van der Waals surface area (Å²) in [4.78, 5) is 33.1. The first-order chi connectivity index (χ1) is 11.4. The zero-order valence-electron chi connectivity index (χ0n) is 14.6. The number of rotatable bonds is 2. The molecule has 0 bridgehead atoms. The molecule has 0 aromatic carbocycles. The van der Waals surface area contributed by atoms with E-state index in [1.165, 1.54) is 4.57 Å². The van der Waals surface area contributed by atoms with Gasteiger partial charge in [0.2, 0.25) is 5.91 Å². The molecule has 0 radical (unpaired) electrons. The number of aryl methyl sites for hydroxylation is 1. The maximum Gasteiger partial charge on any atom is 0.293 e. The van der Waals surface area contributed by atoms with E-state index in [1.54, 1.807) is 19.4 Å². The van der Waals surface area contributed by atoms with Crippen LogP contribution in [-0.4, -0.2) is 52.1 Å². The van der Waals surface area contributed by atoms with E-state index in [9.17, 15) is 9.59 Å². The van der Waals surface area contributed by atoms with Gasteiger partial charge < -0.3 is 20.1 Å². The maximum atomic E-state index is 12.9. The van der Waals surface area contributed by atoms with Gasteiger partial charge in [-0.2, -0.15) is 0 Å². The van der Waals surface area contributed by atoms with Crippen LogP contribution in [0.3, 0.4) is 0 Å². The topological polar surface area (TPSA) is 84.5 Å². The van der Waals surface area contributed by atoms with E-state index in [1.807, 2.05) is 16.7 Å². The monoisotopic (exact) mass is 333 g/mol. The highest BCUT2D eigenvalue weighted by atomic mass is 16.2. The van der Waals surface area contributed by atoms with Gasteiger partial charge in [-0.05, 0) is 19.8 Å². The number of nitrogens with two attached hydrogens (primary N) is 1. The molecular weight excluding hydrogens is 306 g/mol. The van der Waals surface area contributed by atoms with Crippen LogP contribution in [0.25, 0.3) is 0 Å². The van der Waals surface area contributed by atoms with Crippen molar-refractivity contribution in [2.45, 2.75) is 38.1 Å². The molecule has 7 heteroatoms. The van der Waals surface area contributed by atoms with Gasteiger partial charge in [-0.3, -0.25) is 9.59 Å². The molecule has 1 aliphatic carbocycles. The van der Waals surface area contributed by atoms with Crippen LogP contribution < -0.4 is 16.2 Å². The minimum Gasteiger partial charge on any atom is -0.348 e. The summed E-state index contributed by atoms with van der Waals surface area (Å²) in [7, 11) is 1.72. The average Bonchev–Trinajstić information content (AvgIpc) is 2.57. The van der Waals surface area contributed by atoms with Crippen molar-refractivity contribution >= 4 is 11.7 Å². The summed E-state index contributed by atoms with van der Waals surface area (Å²) in [5, 5.41) is 0. The molecule has 1 aromatic rings.